The van der Waals surface area contributed by atoms with E-state index in [2.05, 4.69) is 23.0 Å². The third kappa shape index (κ3) is 4.26. The van der Waals surface area contributed by atoms with E-state index in [9.17, 15) is 5.11 Å². The van der Waals surface area contributed by atoms with E-state index in [1.54, 1.807) is 4.68 Å². The number of aromatic nitrogens is 3. The van der Waals surface area contributed by atoms with Gasteiger partial charge in [0.25, 0.3) is 0 Å². The Bertz CT molecular complexity index is 741. The van der Waals surface area contributed by atoms with Gasteiger partial charge in [-0.05, 0) is 43.4 Å². The zero-order chi connectivity index (χ0) is 16.8. The zero-order valence-electron chi connectivity index (χ0n) is 13.4. The summed E-state index contributed by atoms with van der Waals surface area (Å²) in [5.74, 6) is 0.601. The molecular weight excluding hydrogens is 310 g/mol. The van der Waals surface area contributed by atoms with Crippen LogP contribution in [0.15, 0.2) is 24.3 Å². The van der Waals surface area contributed by atoms with Gasteiger partial charge in [0.2, 0.25) is 0 Å². The molecule has 0 saturated heterocycles. The number of hydrogen-bond acceptors (Lipinski definition) is 5. The van der Waals surface area contributed by atoms with Crippen molar-refractivity contribution in [1.82, 2.24) is 19.2 Å². The lowest BCUT2D eigenvalue weighted by molar-refractivity contribution is 0.238. The van der Waals surface area contributed by atoms with Crippen LogP contribution in [0.2, 0.25) is 0 Å². The van der Waals surface area contributed by atoms with Crippen molar-refractivity contribution in [3.8, 4) is 6.07 Å². The van der Waals surface area contributed by atoms with Crippen molar-refractivity contribution < 1.29 is 5.11 Å². The van der Waals surface area contributed by atoms with Crippen LogP contribution in [0.5, 0.6) is 0 Å². The first-order valence-corrected chi connectivity index (χ1v) is 7.94. The summed E-state index contributed by atoms with van der Waals surface area (Å²) in [5, 5.41) is 22.6. The molecule has 122 valence electrons. The number of rotatable bonds is 7. The Morgan fingerprint density at radius 1 is 1.35 bits per heavy atom. The maximum atomic E-state index is 9.42. The van der Waals surface area contributed by atoms with Gasteiger partial charge < -0.3 is 9.67 Å². The number of aliphatic hydroxyl groups excluding tert-OH is 1. The van der Waals surface area contributed by atoms with Gasteiger partial charge in [0, 0.05) is 13.1 Å². The number of aliphatic hydroxyl groups is 1. The normalized spacial score (nSPS) is 10.9. The molecule has 0 fully saturated rings. The van der Waals surface area contributed by atoms with E-state index in [4.69, 9.17) is 17.5 Å². The first-order valence-electron chi connectivity index (χ1n) is 7.54. The second kappa shape index (κ2) is 8.02. The monoisotopic (exact) mass is 331 g/mol. The molecule has 2 aromatic rings. The van der Waals surface area contributed by atoms with Gasteiger partial charge in [-0.25, -0.2) is 4.68 Å². The number of hydrogen-bond donors (Lipinski definition) is 1. The number of nitrogens with zero attached hydrogens (tertiary/aromatic N) is 5. The predicted molar refractivity (Wildman–Crippen MR) is 89.9 cm³/mol. The molecule has 0 spiro atoms. The SMILES string of the molecule is CCCn1c(CO)nn(CN(C)Cc2ccc(C#N)cc2)c1=S. The van der Waals surface area contributed by atoms with Gasteiger partial charge in [0.15, 0.2) is 10.6 Å². The minimum Gasteiger partial charge on any atom is -0.388 e. The number of nitriles is 1. The average molecular weight is 331 g/mol. The Morgan fingerprint density at radius 2 is 2.04 bits per heavy atom. The Labute approximate surface area is 141 Å². The van der Waals surface area contributed by atoms with Crippen LogP contribution >= 0.6 is 12.2 Å². The van der Waals surface area contributed by atoms with Crippen molar-refractivity contribution in [2.75, 3.05) is 7.05 Å². The lowest BCUT2D eigenvalue weighted by atomic mass is 10.1. The van der Waals surface area contributed by atoms with E-state index in [-0.39, 0.29) is 6.61 Å². The van der Waals surface area contributed by atoms with E-state index in [0.29, 0.717) is 22.8 Å². The molecule has 0 aliphatic rings. The molecule has 1 aromatic carbocycles. The minimum atomic E-state index is -0.115. The highest BCUT2D eigenvalue weighted by Gasteiger charge is 2.11. The molecule has 0 saturated carbocycles. The van der Waals surface area contributed by atoms with Crippen molar-refractivity contribution in [3.63, 3.8) is 0 Å². The molecule has 6 nitrogen and oxygen atoms in total. The maximum Gasteiger partial charge on any atom is 0.199 e. The summed E-state index contributed by atoms with van der Waals surface area (Å²) in [4.78, 5) is 2.08. The Morgan fingerprint density at radius 3 is 2.61 bits per heavy atom. The third-order valence-corrected chi connectivity index (χ3v) is 3.93. The summed E-state index contributed by atoms with van der Waals surface area (Å²) in [6.07, 6.45) is 0.939. The topological polar surface area (TPSA) is 70.0 Å². The largest absolute Gasteiger partial charge is 0.388 e. The van der Waals surface area contributed by atoms with E-state index in [0.717, 1.165) is 25.1 Å². The van der Waals surface area contributed by atoms with Crippen molar-refractivity contribution in [1.29, 1.82) is 5.26 Å². The van der Waals surface area contributed by atoms with Crippen molar-refractivity contribution in [2.24, 2.45) is 0 Å². The molecular formula is C16H21N5OS. The van der Waals surface area contributed by atoms with Crippen LogP contribution in [0.3, 0.4) is 0 Å². The molecule has 0 radical (unpaired) electrons. The van der Waals surface area contributed by atoms with Gasteiger partial charge in [0.05, 0.1) is 18.3 Å². The molecule has 1 aromatic heterocycles. The summed E-state index contributed by atoms with van der Waals surface area (Å²) in [6, 6.07) is 9.64. The van der Waals surface area contributed by atoms with E-state index >= 15 is 0 Å². The van der Waals surface area contributed by atoms with Gasteiger partial charge in [-0.15, -0.1) is 0 Å². The molecule has 7 heteroatoms. The van der Waals surface area contributed by atoms with Crippen LogP contribution in [0, 0.1) is 16.1 Å². The van der Waals surface area contributed by atoms with Crippen LogP contribution in [0.25, 0.3) is 0 Å². The lowest BCUT2D eigenvalue weighted by Gasteiger charge is -2.16. The molecule has 2 rings (SSSR count). The quantitative estimate of drug-likeness (QED) is 0.788. The standard InChI is InChI=1S/C16H21N5OS/c1-3-8-20-15(11-22)18-21(16(20)23)12-19(2)10-14-6-4-13(9-17)5-7-14/h4-7,22H,3,8,10-12H2,1-2H3. The Balaban J connectivity index is 2.09. The van der Waals surface area contributed by atoms with Crippen molar-refractivity contribution in [3.05, 3.63) is 46.0 Å². The fraction of sp³-hybridized carbons (Fsp3) is 0.438. The van der Waals surface area contributed by atoms with Gasteiger partial charge in [-0.2, -0.15) is 10.4 Å². The molecule has 23 heavy (non-hydrogen) atoms. The molecule has 0 unspecified atom stereocenters. The van der Waals surface area contributed by atoms with E-state index < -0.39 is 0 Å². The van der Waals surface area contributed by atoms with Crippen LogP contribution < -0.4 is 0 Å². The maximum absolute atomic E-state index is 9.42. The lowest BCUT2D eigenvalue weighted by Crippen LogP contribution is -2.22. The smallest absolute Gasteiger partial charge is 0.199 e. The first kappa shape index (κ1) is 17.3. The van der Waals surface area contributed by atoms with Crippen LogP contribution in [-0.4, -0.2) is 31.4 Å². The molecule has 1 heterocycles. The molecule has 1 N–H and O–H groups in total. The minimum absolute atomic E-state index is 0.115. The fourth-order valence-corrected chi connectivity index (χ4v) is 2.71. The van der Waals surface area contributed by atoms with E-state index in [1.807, 2.05) is 35.9 Å². The highest BCUT2D eigenvalue weighted by Crippen LogP contribution is 2.08. The van der Waals surface area contributed by atoms with Gasteiger partial charge in [-0.3, -0.25) is 4.90 Å². The molecule has 0 bridgehead atoms. The summed E-state index contributed by atoms with van der Waals surface area (Å²) in [5.41, 5.74) is 1.78. The number of benzene rings is 1. The fourth-order valence-electron chi connectivity index (χ4n) is 2.42. The first-order chi connectivity index (χ1) is 11.1. The van der Waals surface area contributed by atoms with Crippen LogP contribution in [-0.2, 0) is 26.4 Å². The third-order valence-electron chi connectivity index (χ3n) is 3.50. The van der Waals surface area contributed by atoms with Crippen LogP contribution in [0.1, 0.15) is 30.3 Å². The van der Waals surface area contributed by atoms with Gasteiger partial charge in [0.1, 0.15) is 6.61 Å². The summed E-state index contributed by atoms with van der Waals surface area (Å²) in [7, 11) is 1.98. The van der Waals surface area contributed by atoms with Gasteiger partial charge in [-0.1, -0.05) is 19.1 Å². The van der Waals surface area contributed by atoms with Crippen LogP contribution in [0.4, 0.5) is 0 Å². The van der Waals surface area contributed by atoms with Crippen molar-refractivity contribution >= 4 is 12.2 Å². The van der Waals surface area contributed by atoms with Gasteiger partial charge >= 0.3 is 0 Å². The highest BCUT2D eigenvalue weighted by molar-refractivity contribution is 7.71. The molecule has 0 aliphatic heterocycles. The second-order valence-electron chi connectivity index (χ2n) is 5.47. The Kier molecular flexibility index (Phi) is 6.04. The predicted octanol–water partition coefficient (Wildman–Crippen LogP) is 2.28. The second-order valence-corrected chi connectivity index (χ2v) is 5.84. The summed E-state index contributed by atoms with van der Waals surface area (Å²) in [6.45, 7) is 3.98. The molecule has 0 atom stereocenters. The average Bonchev–Trinajstić information content (AvgIpc) is 2.84. The zero-order valence-corrected chi connectivity index (χ0v) is 14.3. The molecule has 0 aliphatic carbocycles. The van der Waals surface area contributed by atoms with Crippen molar-refractivity contribution in [2.45, 2.75) is 39.7 Å². The molecule has 0 amide bonds. The summed E-state index contributed by atoms with van der Waals surface area (Å²) < 4.78 is 4.24. The highest BCUT2D eigenvalue weighted by atomic mass is 32.1. The Hall–Kier alpha value is -2.01. The summed E-state index contributed by atoms with van der Waals surface area (Å²) >= 11 is 5.45. The van der Waals surface area contributed by atoms with E-state index in [1.165, 1.54) is 0 Å².